The van der Waals surface area contributed by atoms with E-state index in [9.17, 15) is 10.1 Å². The summed E-state index contributed by atoms with van der Waals surface area (Å²) < 4.78 is 0. The van der Waals surface area contributed by atoms with Gasteiger partial charge in [0, 0.05) is 22.1 Å². The van der Waals surface area contributed by atoms with Gasteiger partial charge in [-0.25, -0.2) is 0 Å². The minimum atomic E-state index is -0.417. The van der Waals surface area contributed by atoms with Crippen LogP contribution in [0.4, 0.5) is 5.69 Å². The lowest BCUT2D eigenvalue weighted by Crippen LogP contribution is -1.84. The van der Waals surface area contributed by atoms with Crippen LogP contribution in [0.3, 0.4) is 0 Å². The Morgan fingerprint density at radius 2 is 1.55 bits per heavy atom. The fourth-order valence-electron chi connectivity index (χ4n) is 0.550. The second-order valence-electron chi connectivity index (χ2n) is 1.59. The van der Waals surface area contributed by atoms with Crippen LogP contribution in [0.15, 0.2) is 30.3 Å². The second kappa shape index (κ2) is 5.04. The number of para-hydroxylation sites is 1. The fraction of sp³-hybridized carbons (Fsp3) is 0. The second-order valence-corrected chi connectivity index (χ2v) is 1.59. The molecule has 0 amide bonds. The van der Waals surface area contributed by atoms with Gasteiger partial charge in [-0.05, 0) is 0 Å². The number of rotatable bonds is 1. The summed E-state index contributed by atoms with van der Waals surface area (Å²) >= 11 is 0. The Morgan fingerprint density at radius 3 is 1.82 bits per heavy atom. The summed E-state index contributed by atoms with van der Waals surface area (Å²) in [4.78, 5) is 23.6. The van der Waals surface area contributed by atoms with Gasteiger partial charge in [-0.1, -0.05) is 18.2 Å². The maximum atomic E-state index is 10.0. The van der Waals surface area contributed by atoms with Crippen molar-refractivity contribution in [2.45, 2.75) is 0 Å². The van der Waals surface area contributed by atoms with Crippen molar-refractivity contribution >= 4 is 5.69 Å². The smallest absolute Gasteiger partial charge is 0.258 e. The Hall–Kier alpha value is -1.78. The van der Waals surface area contributed by atoms with Crippen LogP contribution in [-0.4, -0.2) is 4.92 Å². The maximum Gasteiger partial charge on any atom is 0.269 e. The Kier molecular flexibility index (Phi) is 4.22. The molecular weight excluding hydrogens is 150 g/mol. The molecule has 0 heterocycles. The van der Waals surface area contributed by atoms with Gasteiger partial charge in [0.15, 0.2) is 0 Å². The van der Waals surface area contributed by atoms with Gasteiger partial charge in [0.2, 0.25) is 0 Å². The number of benzene rings is 1. The zero-order valence-corrected chi connectivity index (χ0v) is 5.47. The van der Waals surface area contributed by atoms with E-state index in [1.165, 1.54) is 12.1 Å². The molecule has 58 valence electrons. The van der Waals surface area contributed by atoms with Crippen LogP contribution in [0.25, 0.3) is 0 Å². The van der Waals surface area contributed by atoms with Crippen molar-refractivity contribution in [2.75, 3.05) is 0 Å². The Balaban J connectivity index is 0.000000461. The third-order valence-electron chi connectivity index (χ3n) is 0.967. The highest BCUT2D eigenvalue weighted by Crippen LogP contribution is 2.06. The highest BCUT2D eigenvalue weighted by molar-refractivity contribution is 5.27. The van der Waals surface area contributed by atoms with E-state index >= 15 is 0 Å². The topological polar surface area (TPSA) is 77.3 Å². The van der Waals surface area contributed by atoms with Crippen LogP contribution in [0.5, 0.6) is 0 Å². The summed E-state index contributed by atoms with van der Waals surface area (Å²) in [6.45, 7) is 0. The molecule has 0 aliphatic carbocycles. The van der Waals surface area contributed by atoms with Crippen molar-refractivity contribution in [1.29, 1.82) is 0 Å². The predicted molar refractivity (Wildman–Crippen MR) is 39.8 cm³/mol. The zero-order valence-electron chi connectivity index (χ0n) is 5.47. The SMILES string of the molecule is O=O.O=[N+]([O-])c1ccccc1. The predicted octanol–water partition coefficient (Wildman–Crippen LogP) is 1.66. The van der Waals surface area contributed by atoms with Crippen molar-refractivity contribution in [2.24, 2.45) is 0 Å². The van der Waals surface area contributed by atoms with E-state index in [-0.39, 0.29) is 5.69 Å². The summed E-state index contributed by atoms with van der Waals surface area (Å²) in [6, 6.07) is 7.93. The van der Waals surface area contributed by atoms with E-state index in [0.29, 0.717) is 0 Å². The fourth-order valence-corrected chi connectivity index (χ4v) is 0.550. The molecule has 1 aromatic rings. The van der Waals surface area contributed by atoms with E-state index < -0.39 is 4.92 Å². The van der Waals surface area contributed by atoms with Gasteiger partial charge in [-0.3, -0.25) is 10.1 Å². The Morgan fingerprint density at radius 1 is 1.09 bits per heavy atom. The molecule has 0 aromatic heterocycles. The van der Waals surface area contributed by atoms with E-state index in [1.807, 2.05) is 0 Å². The monoisotopic (exact) mass is 155 g/mol. The average Bonchev–Trinajstić information content (AvgIpc) is 2.10. The van der Waals surface area contributed by atoms with E-state index in [0.717, 1.165) is 0 Å². The molecule has 0 saturated carbocycles. The molecule has 0 saturated heterocycles. The first kappa shape index (κ1) is 9.22. The van der Waals surface area contributed by atoms with Crippen molar-refractivity contribution in [3.8, 4) is 0 Å². The minimum Gasteiger partial charge on any atom is -0.258 e. The van der Waals surface area contributed by atoms with Gasteiger partial charge in [0.25, 0.3) is 5.69 Å². The number of nitrogens with zero attached hydrogens (tertiary/aromatic N) is 1. The molecule has 0 aliphatic heterocycles. The molecule has 5 heteroatoms. The molecule has 5 nitrogen and oxygen atoms in total. The lowest BCUT2D eigenvalue weighted by molar-refractivity contribution is -0.384. The first-order chi connectivity index (χ1) is 5.30. The van der Waals surface area contributed by atoms with Crippen LogP contribution in [-0.2, 0) is 0 Å². The molecular formula is C6H5NO4. The number of non-ortho nitro benzene ring substituents is 1. The summed E-state index contributed by atoms with van der Waals surface area (Å²) in [5.41, 5.74) is 0.137. The molecule has 11 heavy (non-hydrogen) atoms. The average molecular weight is 155 g/mol. The molecule has 0 N–H and O–H groups in total. The summed E-state index contributed by atoms with van der Waals surface area (Å²) in [7, 11) is 0. The van der Waals surface area contributed by atoms with Crippen LogP contribution in [0, 0.1) is 20.0 Å². The van der Waals surface area contributed by atoms with E-state index in [4.69, 9.17) is 9.93 Å². The molecule has 1 aromatic carbocycles. The van der Waals surface area contributed by atoms with Crippen molar-refractivity contribution in [3.05, 3.63) is 50.4 Å². The molecule has 0 fully saturated rings. The minimum absolute atomic E-state index is 0.137. The van der Waals surface area contributed by atoms with Crippen LogP contribution >= 0.6 is 0 Å². The molecule has 1 rings (SSSR count). The number of nitro groups is 1. The third kappa shape index (κ3) is 3.04. The molecule has 0 unspecified atom stereocenters. The molecule has 0 radical (unpaired) electrons. The lowest BCUT2D eigenvalue weighted by Gasteiger charge is -1.85. The Labute approximate surface area is 62.0 Å². The highest BCUT2D eigenvalue weighted by Gasteiger charge is 1.98. The first-order valence-electron chi connectivity index (χ1n) is 2.67. The van der Waals surface area contributed by atoms with Gasteiger partial charge in [-0.15, -0.1) is 0 Å². The van der Waals surface area contributed by atoms with Crippen LogP contribution in [0.1, 0.15) is 0 Å². The molecule has 0 aliphatic rings. The first-order valence-corrected chi connectivity index (χ1v) is 2.67. The van der Waals surface area contributed by atoms with Gasteiger partial charge >= 0.3 is 0 Å². The standard InChI is InChI=1S/C6H5NO2.O2/c8-7(9)6-4-2-1-3-5-6;1-2/h1-5H;. The third-order valence-corrected chi connectivity index (χ3v) is 0.967. The summed E-state index contributed by atoms with van der Waals surface area (Å²) in [5.74, 6) is 0. The quantitative estimate of drug-likeness (QED) is 0.456. The molecule has 0 atom stereocenters. The van der Waals surface area contributed by atoms with Crippen molar-refractivity contribution in [1.82, 2.24) is 0 Å². The van der Waals surface area contributed by atoms with E-state index in [2.05, 4.69) is 0 Å². The van der Waals surface area contributed by atoms with Crippen LogP contribution < -0.4 is 0 Å². The van der Waals surface area contributed by atoms with Gasteiger partial charge in [-0.2, -0.15) is 0 Å². The highest BCUT2D eigenvalue weighted by atomic mass is 16.7. The van der Waals surface area contributed by atoms with Gasteiger partial charge in [0.05, 0.1) is 4.92 Å². The number of hydrogen-bond donors (Lipinski definition) is 0. The van der Waals surface area contributed by atoms with Crippen LogP contribution in [0.2, 0.25) is 0 Å². The van der Waals surface area contributed by atoms with E-state index in [1.54, 1.807) is 18.2 Å². The maximum absolute atomic E-state index is 10.0. The largest absolute Gasteiger partial charge is 0.269 e. The lowest BCUT2D eigenvalue weighted by atomic mass is 10.3. The summed E-state index contributed by atoms with van der Waals surface area (Å²) in [6.07, 6.45) is 0. The number of hydrogen-bond acceptors (Lipinski definition) is 4. The van der Waals surface area contributed by atoms with Gasteiger partial charge < -0.3 is 0 Å². The van der Waals surface area contributed by atoms with Crippen molar-refractivity contribution in [3.63, 3.8) is 0 Å². The Bertz CT molecular complexity index is 223. The zero-order chi connectivity index (χ0) is 8.69. The van der Waals surface area contributed by atoms with Crippen molar-refractivity contribution < 1.29 is 4.92 Å². The normalized spacial score (nSPS) is 7.64. The summed E-state index contributed by atoms with van der Waals surface area (Å²) in [5, 5.41) is 10.0. The molecule has 0 spiro atoms. The molecule has 0 bridgehead atoms. The van der Waals surface area contributed by atoms with Gasteiger partial charge in [0.1, 0.15) is 0 Å². The number of nitro benzene ring substituents is 1.